The molecule has 1 amide bonds. The Morgan fingerprint density at radius 2 is 2.22 bits per heavy atom. The molecule has 27 heavy (non-hydrogen) atoms. The molecule has 1 fully saturated rings. The number of carbonyl (C=O) groups excluding carboxylic acids is 1. The van der Waals surface area contributed by atoms with Crippen LogP contribution in [-0.2, 0) is 0 Å². The van der Waals surface area contributed by atoms with Crippen LogP contribution in [0.2, 0.25) is 0 Å². The number of aromatic nitrogens is 1. The zero-order valence-electron chi connectivity index (χ0n) is 15.6. The summed E-state index contributed by atoms with van der Waals surface area (Å²) in [4.78, 5) is 15.3. The molecule has 0 radical (unpaired) electrons. The first kappa shape index (κ1) is 19.7. The molecule has 1 aromatic carbocycles. The Morgan fingerprint density at radius 1 is 1.37 bits per heavy atom. The van der Waals surface area contributed by atoms with E-state index in [2.05, 4.69) is 39.1 Å². The second-order valence-electron chi connectivity index (χ2n) is 7.03. The molecule has 5 nitrogen and oxygen atoms in total. The molecule has 1 aliphatic rings. The van der Waals surface area contributed by atoms with Gasteiger partial charge in [-0.1, -0.05) is 28.4 Å². The van der Waals surface area contributed by atoms with E-state index in [1.807, 2.05) is 24.3 Å². The molecular formula is C21H25BrN4O. The van der Waals surface area contributed by atoms with Crippen LogP contribution in [0.4, 0.5) is 0 Å². The Balaban J connectivity index is 1.64. The predicted molar refractivity (Wildman–Crippen MR) is 110 cm³/mol. The highest BCUT2D eigenvalue weighted by molar-refractivity contribution is 9.10. The fourth-order valence-corrected chi connectivity index (χ4v) is 4.04. The van der Waals surface area contributed by atoms with Gasteiger partial charge >= 0.3 is 0 Å². The minimum atomic E-state index is -0.205. The Labute approximate surface area is 169 Å². The fourth-order valence-electron chi connectivity index (χ4n) is 3.65. The lowest BCUT2D eigenvalue weighted by Crippen LogP contribution is -2.39. The highest BCUT2D eigenvalue weighted by Crippen LogP contribution is 2.20. The smallest absolute Gasteiger partial charge is 0.269 e. The van der Waals surface area contributed by atoms with Crippen LogP contribution < -0.4 is 5.32 Å². The number of amides is 1. The van der Waals surface area contributed by atoms with Crippen molar-refractivity contribution in [1.82, 2.24) is 14.8 Å². The van der Waals surface area contributed by atoms with E-state index < -0.39 is 0 Å². The summed E-state index contributed by atoms with van der Waals surface area (Å²) in [6.07, 6.45) is 6.53. The molecule has 0 aliphatic carbocycles. The first-order valence-electron chi connectivity index (χ1n) is 9.50. The van der Waals surface area contributed by atoms with Crippen LogP contribution in [0.15, 0.2) is 41.0 Å². The molecule has 0 bridgehead atoms. The number of nitrogens with zero attached hydrogens (tertiary/aromatic N) is 3. The quantitative estimate of drug-likeness (QED) is 0.704. The maximum atomic E-state index is 12.8. The second-order valence-corrected chi connectivity index (χ2v) is 7.95. The highest BCUT2D eigenvalue weighted by Gasteiger charge is 2.19. The van der Waals surface area contributed by atoms with Crippen LogP contribution in [0.1, 0.15) is 48.7 Å². The Kier molecular flexibility index (Phi) is 6.70. The van der Waals surface area contributed by atoms with Crippen LogP contribution in [0, 0.1) is 11.3 Å². The third-order valence-electron chi connectivity index (χ3n) is 5.16. The van der Waals surface area contributed by atoms with Crippen molar-refractivity contribution in [2.45, 2.75) is 38.6 Å². The minimum Gasteiger partial charge on any atom is -0.351 e. The number of nitrogens with one attached hydrogen (secondary N) is 1. The van der Waals surface area contributed by atoms with Gasteiger partial charge in [0.05, 0.1) is 5.56 Å². The zero-order valence-corrected chi connectivity index (χ0v) is 17.2. The third kappa shape index (κ3) is 4.79. The summed E-state index contributed by atoms with van der Waals surface area (Å²) in [7, 11) is 0. The van der Waals surface area contributed by atoms with Crippen molar-refractivity contribution >= 4 is 21.8 Å². The van der Waals surface area contributed by atoms with Crippen molar-refractivity contribution in [2.24, 2.45) is 0 Å². The second kappa shape index (κ2) is 9.20. The topological polar surface area (TPSA) is 61.1 Å². The number of hydrogen-bond acceptors (Lipinski definition) is 3. The molecule has 2 aromatic rings. The predicted octanol–water partition coefficient (Wildman–Crippen LogP) is 4.11. The van der Waals surface area contributed by atoms with Crippen molar-refractivity contribution in [3.05, 3.63) is 52.3 Å². The molecule has 1 atom stereocenters. The maximum absolute atomic E-state index is 12.8. The van der Waals surface area contributed by atoms with Gasteiger partial charge in [-0.15, -0.1) is 0 Å². The number of carbonyl (C=O) groups is 1. The number of likely N-dealkylation sites (tertiary alicyclic amines) is 1. The SMILES string of the molecule is CC1CCCCN1CCCNC(=O)c1c(C#N)ccn1-c1cccc(Br)c1. The largest absolute Gasteiger partial charge is 0.351 e. The number of halogens is 1. The Hall–Kier alpha value is -2.10. The highest BCUT2D eigenvalue weighted by atomic mass is 79.9. The van der Waals surface area contributed by atoms with Crippen molar-refractivity contribution in [3.8, 4) is 11.8 Å². The standard InChI is InChI=1S/C21H25BrN4O/c1-16-6-2-3-11-25(16)12-5-10-24-21(27)20-17(15-23)9-13-26(20)19-8-4-7-18(22)14-19/h4,7-9,13-14,16H,2-3,5-6,10-12H2,1H3,(H,24,27). The molecule has 2 heterocycles. The molecule has 0 saturated carbocycles. The zero-order chi connectivity index (χ0) is 19.2. The molecule has 0 spiro atoms. The van der Waals surface area contributed by atoms with Gasteiger partial charge in [0.2, 0.25) is 0 Å². The lowest BCUT2D eigenvalue weighted by atomic mass is 10.0. The summed E-state index contributed by atoms with van der Waals surface area (Å²) in [5, 5.41) is 12.4. The van der Waals surface area contributed by atoms with Gasteiger partial charge in [-0.25, -0.2) is 0 Å². The molecule has 6 heteroatoms. The number of piperidine rings is 1. The normalized spacial score (nSPS) is 17.4. The van der Waals surface area contributed by atoms with E-state index in [1.165, 1.54) is 19.3 Å². The van der Waals surface area contributed by atoms with E-state index >= 15 is 0 Å². The molecular weight excluding hydrogens is 404 g/mol. The van der Waals surface area contributed by atoms with Crippen molar-refractivity contribution in [3.63, 3.8) is 0 Å². The van der Waals surface area contributed by atoms with Crippen LogP contribution in [-0.4, -0.2) is 41.1 Å². The summed E-state index contributed by atoms with van der Waals surface area (Å²) < 4.78 is 2.69. The van der Waals surface area contributed by atoms with Gasteiger partial charge in [0.1, 0.15) is 11.8 Å². The fraction of sp³-hybridized carbons (Fsp3) is 0.429. The van der Waals surface area contributed by atoms with Gasteiger partial charge < -0.3 is 14.8 Å². The van der Waals surface area contributed by atoms with Gasteiger partial charge in [-0.3, -0.25) is 4.79 Å². The summed E-state index contributed by atoms with van der Waals surface area (Å²) >= 11 is 3.46. The van der Waals surface area contributed by atoms with E-state index in [1.54, 1.807) is 16.8 Å². The Morgan fingerprint density at radius 3 is 2.96 bits per heavy atom. The number of rotatable bonds is 6. The summed E-state index contributed by atoms with van der Waals surface area (Å²) in [6.45, 7) is 5.04. The average molecular weight is 429 g/mol. The molecule has 3 rings (SSSR count). The summed E-state index contributed by atoms with van der Waals surface area (Å²) in [5.74, 6) is -0.205. The van der Waals surface area contributed by atoms with Crippen molar-refractivity contribution < 1.29 is 4.79 Å². The number of benzene rings is 1. The lowest BCUT2D eigenvalue weighted by molar-refractivity contribution is 0.0942. The molecule has 1 unspecified atom stereocenters. The molecule has 1 aromatic heterocycles. The van der Waals surface area contributed by atoms with Gasteiger partial charge in [0, 0.05) is 35.5 Å². The van der Waals surface area contributed by atoms with Crippen LogP contribution >= 0.6 is 15.9 Å². The lowest BCUT2D eigenvalue weighted by Gasteiger charge is -2.33. The molecule has 1 saturated heterocycles. The number of hydrogen-bond donors (Lipinski definition) is 1. The van der Waals surface area contributed by atoms with E-state index in [0.717, 1.165) is 29.7 Å². The van der Waals surface area contributed by atoms with Gasteiger partial charge in [0.15, 0.2) is 0 Å². The summed E-state index contributed by atoms with van der Waals surface area (Å²) in [5.41, 5.74) is 1.62. The Bertz CT molecular complexity index is 839. The summed E-state index contributed by atoms with van der Waals surface area (Å²) in [6, 6.07) is 12.1. The van der Waals surface area contributed by atoms with Crippen LogP contribution in [0.25, 0.3) is 5.69 Å². The van der Waals surface area contributed by atoms with Gasteiger partial charge in [-0.05, 0) is 57.0 Å². The average Bonchev–Trinajstić information content (AvgIpc) is 3.10. The van der Waals surface area contributed by atoms with Gasteiger partial charge in [0.25, 0.3) is 5.91 Å². The number of nitriles is 1. The maximum Gasteiger partial charge on any atom is 0.269 e. The monoisotopic (exact) mass is 428 g/mol. The van der Waals surface area contributed by atoms with E-state index in [-0.39, 0.29) is 5.91 Å². The minimum absolute atomic E-state index is 0.205. The first-order valence-corrected chi connectivity index (χ1v) is 10.3. The van der Waals surface area contributed by atoms with Gasteiger partial charge in [-0.2, -0.15) is 5.26 Å². The van der Waals surface area contributed by atoms with E-state index in [4.69, 9.17) is 0 Å². The van der Waals surface area contributed by atoms with E-state index in [0.29, 0.717) is 23.8 Å². The molecule has 1 N–H and O–H groups in total. The van der Waals surface area contributed by atoms with Crippen LogP contribution in [0.5, 0.6) is 0 Å². The first-order chi connectivity index (χ1) is 13.1. The third-order valence-corrected chi connectivity index (χ3v) is 5.65. The molecule has 1 aliphatic heterocycles. The molecule has 142 valence electrons. The van der Waals surface area contributed by atoms with Crippen LogP contribution in [0.3, 0.4) is 0 Å². The van der Waals surface area contributed by atoms with Crippen molar-refractivity contribution in [2.75, 3.05) is 19.6 Å². The van der Waals surface area contributed by atoms with Crippen molar-refractivity contribution in [1.29, 1.82) is 5.26 Å². The van der Waals surface area contributed by atoms with E-state index in [9.17, 15) is 10.1 Å².